The predicted molar refractivity (Wildman–Crippen MR) is 110 cm³/mol. The first-order chi connectivity index (χ1) is 13.8. The van der Waals surface area contributed by atoms with E-state index in [1.165, 1.54) is 25.7 Å². The van der Waals surface area contributed by atoms with Gasteiger partial charge in [-0.2, -0.15) is 5.32 Å². The Hall–Kier alpha value is -2.33. The van der Waals surface area contributed by atoms with Crippen LogP contribution in [-0.2, 0) is 6.42 Å². The maximum absolute atomic E-state index is 12.5. The van der Waals surface area contributed by atoms with Crippen molar-refractivity contribution >= 4 is 17.4 Å². The molecule has 2 heterocycles. The molecule has 4 aliphatic rings. The molecule has 0 bridgehead atoms. The second-order valence-corrected chi connectivity index (χ2v) is 8.78. The standard InChI is InChI=1S/C24H26N3O/c28-24-25-20-9-1-2-10-21(20)27(24)18-11-13-26(14-12-18)22-15-17-7-3-5-16-6-4-8-19(22)23(16)17/h1-2,4,6,8-10,17-18,22H,3,5,7,11-15H2. The number of anilines is 1. The third-order valence-electron chi connectivity index (χ3n) is 7.37. The number of carbonyl (C=O) groups excluding carboxylic acids is 1. The minimum atomic E-state index is -0.0820. The van der Waals surface area contributed by atoms with E-state index >= 15 is 0 Å². The molecule has 2 aliphatic carbocycles. The molecule has 0 aromatic heterocycles. The van der Waals surface area contributed by atoms with Crippen LogP contribution >= 0.6 is 0 Å². The lowest BCUT2D eigenvalue weighted by atomic mass is 9.84. The van der Waals surface area contributed by atoms with Crippen LogP contribution in [0.1, 0.15) is 60.8 Å². The van der Waals surface area contributed by atoms with Crippen molar-refractivity contribution in [3.8, 4) is 0 Å². The van der Waals surface area contributed by atoms with E-state index in [1.807, 2.05) is 29.2 Å². The highest BCUT2D eigenvalue weighted by molar-refractivity contribution is 6.04. The lowest BCUT2D eigenvalue weighted by molar-refractivity contribution is 0.146. The average molecular weight is 372 g/mol. The Balaban J connectivity index is 1.20. The smallest absolute Gasteiger partial charge is 0.296 e. The number of hydrogen-bond acceptors (Lipinski definition) is 2. The molecule has 1 fully saturated rings. The maximum Gasteiger partial charge on any atom is 0.348 e. The van der Waals surface area contributed by atoms with Crippen molar-refractivity contribution in [1.29, 1.82) is 0 Å². The van der Waals surface area contributed by atoms with E-state index in [4.69, 9.17) is 0 Å². The summed E-state index contributed by atoms with van der Waals surface area (Å²) < 4.78 is 0. The largest absolute Gasteiger partial charge is 0.348 e. The van der Waals surface area contributed by atoms with Crippen LogP contribution in [0, 0.1) is 0 Å². The van der Waals surface area contributed by atoms with Crippen LogP contribution < -0.4 is 10.2 Å². The first-order valence-electron chi connectivity index (χ1n) is 10.8. The van der Waals surface area contributed by atoms with Gasteiger partial charge in [-0.05, 0) is 73.3 Å². The fraction of sp³-hybridized carbons (Fsp3) is 0.458. The van der Waals surface area contributed by atoms with Crippen molar-refractivity contribution in [3.05, 3.63) is 59.2 Å². The fourth-order valence-electron chi connectivity index (χ4n) is 6.13. The topological polar surface area (TPSA) is 37.7 Å². The van der Waals surface area contributed by atoms with Crippen LogP contribution in [-0.4, -0.2) is 30.1 Å². The normalized spacial score (nSPS) is 26.9. The summed E-state index contributed by atoms with van der Waals surface area (Å²) in [6.45, 7) is 2.13. The molecule has 1 saturated heterocycles. The molecule has 2 amide bonds. The van der Waals surface area contributed by atoms with Crippen molar-refractivity contribution in [1.82, 2.24) is 10.2 Å². The number of hydrogen-bond donors (Lipinski definition) is 0. The highest BCUT2D eigenvalue weighted by Gasteiger charge is 2.41. The molecule has 2 unspecified atom stereocenters. The number of fused-ring (bicyclic) bond motifs is 1. The number of benzene rings is 2. The lowest BCUT2D eigenvalue weighted by Gasteiger charge is -2.39. The Morgan fingerprint density at radius 2 is 1.82 bits per heavy atom. The molecule has 2 aromatic rings. The summed E-state index contributed by atoms with van der Waals surface area (Å²) in [6, 6.07) is 15.7. The number of urea groups is 1. The second kappa shape index (κ2) is 6.35. The molecule has 1 radical (unpaired) electrons. The van der Waals surface area contributed by atoms with Crippen LogP contribution in [0.25, 0.3) is 0 Å². The maximum atomic E-state index is 12.5. The lowest BCUT2D eigenvalue weighted by Crippen LogP contribution is -2.47. The summed E-state index contributed by atoms with van der Waals surface area (Å²) in [5.74, 6) is 0.772. The quantitative estimate of drug-likeness (QED) is 0.752. The predicted octanol–water partition coefficient (Wildman–Crippen LogP) is 4.89. The molecule has 28 heavy (non-hydrogen) atoms. The van der Waals surface area contributed by atoms with Gasteiger partial charge in [-0.3, -0.25) is 9.80 Å². The Kier molecular flexibility index (Phi) is 3.76. The van der Waals surface area contributed by atoms with Crippen molar-refractivity contribution in [2.24, 2.45) is 0 Å². The van der Waals surface area contributed by atoms with E-state index in [1.54, 1.807) is 16.7 Å². The van der Waals surface area contributed by atoms with E-state index < -0.39 is 0 Å². The first kappa shape index (κ1) is 16.6. The number of likely N-dealkylation sites (tertiary alicyclic amines) is 1. The van der Waals surface area contributed by atoms with Crippen molar-refractivity contribution in [2.75, 3.05) is 18.0 Å². The number of carbonyl (C=O) groups is 1. The van der Waals surface area contributed by atoms with E-state index in [-0.39, 0.29) is 12.1 Å². The highest BCUT2D eigenvalue weighted by atomic mass is 16.2. The molecule has 0 saturated carbocycles. The summed E-state index contributed by atoms with van der Waals surface area (Å²) in [6.07, 6.45) is 7.32. The fourth-order valence-corrected chi connectivity index (χ4v) is 6.13. The highest BCUT2D eigenvalue weighted by Crippen LogP contribution is 2.50. The van der Waals surface area contributed by atoms with Crippen LogP contribution in [0.4, 0.5) is 16.2 Å². The van der Waals surface area contributed by atoms with Gasteiger partial charge in [-0.15, -0.1) is 0 Å². The van der Waals surface area contributed by atoms with E-state index in [0.29, 0.717) is 6.04 Å². The third kappa shape index (κ3) is 2.44. The first-order valence-corrected chi connectivity index (χ1v) is 10.8. The second-order valence-electron chi connectivity index (χ2n) is 8.78. The van der Waals surface area contributed by atoms with Crippen molar-refractivity contribution < 1.29 is 4.79 Å². The van der Waals surface area contributed by atoms with Gasteiger partial charge in [0.1, 0.15) is 0 Å². The van der Waals surface area contributed by atoms with Crippen LogP contribution in [0.5, 0.6) is 0 Å². The third-order valence-corrected chi connectivity index (χ3v) is 7.37. The van der Waals surface area contributed by atoms with Crippen LogP contribution in [0.3, 0.4) is 0 Å². The Morgan fingerprint density at radius 3 is 2.71 bits per heavy atom. The summed E-state index contributed by atoms with van der Waals surface area (Å²) in [4.78, 5) is 17.1. The van der Waals surface area contributed by atoms with Crippen LogP contribution in [0.15, 0.2) is 42.5 Å². The minimum Gasteiger partial charge on any atom is -0.296 e. The van der Waals surface area contributed by atoms with Gasteiger partial charge in [-0.25, -0.2) is 4.79 Å². The molecule has 4 nitrogen and oxygen atoms in total. The molecule has 2 atom stereocenters. The summed E-state index contributed by atoms with van der Waals surface area (Å²) in [5.41, 5.74) is 6.70. The molecular formula is C24H26N3O. The van der Waals surface area contributed by atoms with E-state index in [9.17, 15) is 4.79 Å². The molecular weight excluding hydrogens is 346 g/mol. The minimum absolute atomic E-state index is 0.0820. The number of amides is 2. The van der Waals surface area contributed by atoms with Gasteiger partial charge in [0.05, 0.1) is 11.4 Å². The molecule has 2 aromatic carbocycles. The summed E-state index contributed by atoms with van der Waals surface area (Å²) in [5, 5.41) is 4.25. The average Bonchev–Trinajstić information content (AvgIpc) is 3.27. The molecule has 0 spiro atoms. The number of nitrogens with zero attached hydrogens (tertiary/aromatic N) is 3. The Bertz CT molecular complexity index is 931. The molecule has 2 aliphatic heterocycles. The molecule has 6 rings (SSSR count). The zero-order chi connectivity index (χ0) is 18.7. The molecule has 0 N–H and O–H groups in total. The number of piperidine rings is 1. The van der Waals surface area contributed by atoms with Crippen molar-refractivity contribution in [2.45, 2.75) is 56.5 Å². The van der Waals surface area contributed by atoms with Gasteiger partial charge < -0.3 is 0 Å². The number of rotatable bonds is 2. The van der Waals surface area contributed by atoms with E-state index in [0.717, 1.165) is 43.2 Å². The number of para-hydroxylation sites is 2. The van der Waals surface area contributed by atoms with E-state index in [2.05, 4.69) is 28.4 Å². The van der Waals surface area contributed by atoms with Gasteiger partial charge in [0.2, 0.25) is 0 Å². The number of aryl methyl sites for hydroxylation is 1. The zero-order valence-electron chi connectivity index (χ0n) is 16.2. The van der Waals surface area contributed by atoms with Gasteiger partial charge in [0, 0.05) is 25.2 Å². The van der Waals surface area contributed by atoms with Gasteiger partial charge >= 0.3 is 6.03 Å². The summed E-state index contributed by atoms with van der Waals surface area (Å²) >= 11 is 0. The zero-order valence-corrected chi connectivity index (χ0v) is 16.2. The van der Waals surface area contributed by atoms with Crippen LogP contribution in [0.2, 0.25) is 0 Å². The molecule has 143 valence electrons. The van der Waals surface area contributed by atoms with Crippen molar-refractivity contribution in [3.63, 3.8) is 0 Å². The Morgan fingerprint density at radius 1 is 0.964 bits per heavy atom. The summed E-state index contributed by atoms with van der Waals surface area (Å²) in [7, 11) is 0. The monoisotopic (exact) mass is 372 g/mol. The van der Waals surface area contributed by atoms with Gasteiger partial charge in [0.25, 0.3) is 0 Å². The van der Waals surface area contributed by atoms with Gasteiger partial charge in [0.15, 0.2) is 0 Å². The molecule has 4 heteroatoms. The van der Waals surface area contributed by atoms with Gasteiger partial charge in [-0.1, -0.05) is 30.3 Å². The SMILES string of the molecule is O=C1[N]c2ccccc2N1C1CCN(C2CC3CCCc4cccc2c43)CC1. The Labute approximate surface area is 166 Å².